The summed E-state index contributed by atoms with van der Waals surface area (Å²) >= 11 is 0. The summed E-state index contributed by atoms with van der Waals surface area (Å²) in [6.45, 7) is 0. The Labute approximate surface area is 88.5 Å². The Kier molecular flexibility index (Phi) is 2.99. The van der Waals surface area contributed by atoms with Crippen molar-refractivity contribution in [2.45, 2.75) is 31.5 Å². The minimum atomic E-state index is -0.744. The molecule has 1 saturated carbocycles. The van der Waals surface area contributed by atoms with Gasteiger partial charge < -0.3 is 5.32 Å². The van der Waals surface area contributed by atoms with Gasteiger partial charge >= 0.3 is 0 Å². The molecule has 1 aliphatic rings. The summed E-state index contributed by atoms with van der Waals surface area (Å²) in [4.78, 5) is 11.7. The van der Waals surface area contributed by atoms with Crippen LogP contribution in [0.15, 0.2) is 30.3 Å². The van der Waals surface area contributed by atoms with Gasteiger partial charge in [0.15, 0.2) is 0 Å². The Hall–Kier alpha value is -1.38. The molecule has 3 heteroatoms. The van der Waals surface area contributed by atoms with Gasteiger partial charge in [0.05, 0.1) is 0 Å². The molecule has 0 aromatic heterocycles. The summed E-state index contributed by atoms with van der Waals surface area (Å²) in [6.07, 6.45) is 1.03. The number of hydrogen-bond donors (Lipinski definition) is 1. The highest BCUT2D eigenvalue weighted by Gasteiger charge is 2.25. The molecule has 1 fully saturated rings. The largest absolute Gasteiger partial charge is 0.349 e. The fourth-order valence-corrected chi connectivity index (χ4v) is 1.92. The molecule has 0 radical (unpaired) electrons. The molecule has 0 heterocycles. The molecule has 1 amide bonds. The first-order chi connectivity index (χ1) is 7.25. The van der Waals surface area contributed by atoms with Crippen LogP contribution in [-0.2, 0) is 0 Å². The van der Waals surface area contributed by atoms with Gasteiger partial charge in [-0.25, -0.2) is 4.39 Å². The van der Waals surface area contributed by atoms with Crippen LogP contribution in [-0.4, -0.2) is 18.1 Å². The van der Waals surface area contributed by atoms with Gasteiger partial charge in [0.25, 0.3) is 5.91 Å². The zero-order valence-corrected chi connectivity index (χ0v) is 8.45. The molecule has 2 rings (SSSR count). The van der Waals surface area contributed by atoms with E-state index >= 15 is 0 Å². The number of alkyl halides is 1. The van der Waals surface area contributed by atoms with Crippen LogP contribution in [0.1, 0.15) is 29.6 Å². The molecule has 0 aliphatic heterocycles. The molecule has 1 aliphatic carbocycles. The van der Waals surface area contributed by atoms with Crippen molar-refractivity contribution in [2.75, 3.05) is 0 Å². The van der Waals surface area contributed by atoms with Crippen LogP contribution in [0.3, 0.4) is 0 Å². The predicted molar refractivity (Wildman–Crippen MR) is 56.4 cm³/mol. The molecule has 2 atom stereocenters. The average Bonchev–Trinajstić information content (AvgIpc) is 2.65. The van der Waals surface area contributed by atoms with E-state index in [9.17, 15) is 9.18 Å². The number of rotatable bonds is 2. The summed E-state index contributed by atoms with van der Waals surface area (Å²) in [5.74, 6) is -0.102. The van der Waals surface area contributed by atoms with Crippen LogP contribution < -0.4 is 5.32 Å². The second-order valence-corrected chi connectivity index (χ2v) is 3.95. The monoisotopic (exact) mass is 207 g/mol. The van der Waals surface area contributed by atoms with Crippen LogP contribution in [0.5, 0.6) is 0 Å². The van der Waals surface area contributed by atoms with Crippen LogP contribution in [0.25, 0.3) is 0 Å². The van der Waals surface area contributed by atoms with Crippen LogP contribution in [0, 0.1) is 0 Å². The van der Waals surface area contributed by atoms with Crippen LogP contribution >= 0.6 is 0 Å². The molecule has 0 unspecified atom stereocenters. The maximum absolute atomic E-state index is 12.9. The Bertz CT molecular complexity index is 339. The Morgan fingerprint density at radius 3 is 2.60 bits per heavy atom. The van der Waals surface area contributed by atoms with Crippen molar-refractivity contribution in [1.82, 2.24) is 5.32 Å². The topological polar surface area (TPSA) is 29.1 Å². The Morgan fingerprint density at radius 1 is 1.27 bits per heavy atom. The van der Waals surface area contributed by atoms with E-state index < -0.39 is 6.17 Å². The van der Waals surface area contributed by atoms with E-state index in [1.807, 2.05) is 18.2 Å². The average molecular weight is 207 g/mol. The fourth-order valence-electron chi connectivity index (χ4n) is 1.92. The van der Waals surface area contributed by atoms with Gasteiger partial charge in [-0.15, -0.1) is 0 Å². The Morgan fingerprint density at radius 2 is 2.00 bits per heavy atom. The van der Waals surface area contributed by atoms with E-state index in [0.29, 0.717) is 18.4 Å². The summed E-state index contributed by atoms with van der Waals surface area (Å²) in [6, 6.07) is 9.04. The second-order valence-electron chi connectivity index (χ2n) is 3.95. The lowest BCUT2D eigenvalue weighted by atomic mass is 10.2. The zero-order valence-electron chi connectivity index (χ0n) is 8.45. The molecule has 2 nitrogen and oxygen atoms in total. The van der Waals surface area contributed by atoms with E-state index in [2.05, 4.69) is 5.32 Å². The van der Waals surface area contributed by atoms with E-state index in [1.54, 1.807) is 12.1 Å². The number of nitrogens with one attached hydrogen (secondary N) is 1. The third kappa shape index (κ3) is 2.55. The van der Waals surface area contributed by atoms with E-state index in [0.717, 1.165) is 6.42 Å². The van der Waals surface area contributed by atoms with Crippen molar-refractivity contribution in [3.8, 4) is 0 Å². The zero-order chi connectivity index (χ0) is 10.7. The molecular weight excluding hydrogens is 193 g/mol. The first kappa shape index (κ1) is 10.1. The third-order valence-corrected chi connectivity index (χ3v) is 2.74. The minimum absolute atomic E-state index is 0.00714. The molecule has 0 bridgehead atoms. The SMILES string of the molecule is O=C(N[C@@H]1CC[C@H](F)C1)c1ccccc1. The number of amides is 1. The fraction of sp³-hybridized carbons (Fsp3) is 0.417. The molecular formula is C12H14FNO. The first-order valence-electron chi connectivity index (χ1n) is 5.25. The summed E-state index contributed by atoms with van der Waals surface area (Å²) in [5, 5.41) is 2.85. The van der Waals surface area contributed by atoms with Crippen molar-refractivity contribution in [3.63, 3.8) is 0 Å². The molecule has 1 aromatic carbocycles. The highest BCUT2D eigenvalue weighted by Crippen LogP contribution is 2.21. The molecule has 1 N–H and O–H groups in total. The molecule has 15 heavy (non-hydrogen) atoms. The summed E-state index contributed by atoms with van der Waals surface area (Å²) in [7, 11) is 0. The second kappa shape index (κ2) is 4.43. The van der Waals surface area contributed by atoms with Crippen molar-refractivity contribution < 1.29 is 9.18 Å². The van der Waals surface area contributed by atoms with Crippen molar-refractivity contribution in [2.24, 2.45) is 0 Å². The number of benzene rings is 1. The van der Waals surface area contributed by atoms with Gasteiger partial charge in [0.2, 0.25) is 0 Å². The quantitative estimate of drug-likeness (QED) is 0.792. The van der Waals surface area contributed by atoms with Crippen molar-refractivity contribution >= 4 is 5.91 Å². The predicted octanol–water partition coefficient (Wildman–Crippen LogP) is 2.31. The van der Waals surface area contributed by atoms with Gasteiger partial charge in [0.1, 0.15) is 6.17 Å². The van der Waals surface area contributed by atoms with Gasteiger partial charge in [0, 0.05) is 11.6 Å². The highest BCUT2D eigenvalue weighted by atomic mass is 19.1. The molecule has 80 valence electrons. The summed E-state index contributed by atoms with van der Waals surface area (Å²) < 4.78 is 12.9. The lowest BCUT2D eigenvalue weighted by Gasteiger charge is -2.11. The summed E-state index contributed by atoms with van der Waals surface area (Å²) in [5.41, 5.74) is 0.639. The Balaban J connectivity index is 1.93. The highest BCUT2D eigenvalue weighted by molar-refractivity contribution is 5.94. The maximum atomic E-state index is 12.9. The van der Waals surface area contributed by atoms with Gasteiger partial charge in [-0.05, 0) is 31.4 Å². The van der Waals surface area contributed by atoms with Crippen LogP contribution in [0.2, 0.25) is 0 Å². The lowest BCUT2D eigenvalue weighted by molar-refractivity contribution is 0.0936. The van der Waals surface area contributed by atoms with Gasteiger partial charge in [-0.2, -0.15) is 0 Å². The number of hydrogen-bond acceptors (Lipinski definition) is 1. The number of halogens is 1. The van der Waals surface area contributed by atoms with Gasteiger partial charge in [-0.1, -0.05) is 18.2 Å². The third-order valence-electron chi connectivity index (χ3n) is 2.74. The maximum Gasteiger partial charge on any atom is 0.251 e. The van der Waals surface area contributed by atoms with E-state index in [4.69, 9.17) is 0 Å². The van der Waals surface area contributed by atoms with Crippen molar-refractivity contribution in [3.05, 3.63) is 35.9 Å². The molecule has 0 saturated heterocycles. The first-order valence-corrected chi connectivity index (χ1v) is 5.25. The van der Waals surface area contributed by atoms with Gasteiger partial charge in [-0.3, -0.25) is 4.79 Å². The van der Waals surface area contributed by atoms with Crippen molar-refractivity contribution in [1.29, 1.82) is 0 Å². The number of carbonyl (C=O) groups is 1. The number of carbonyl (C=O) groups excluding carboxylic acids is 1. The standard InChI is InChI=1S/C12H14FNO/c13-10-6-7-11(8-10)14-12(15)9-4-2-1-3-5-9/h1-5,10-11H,6-8H2,(H,14,15)/t10-,11+/m0/s1. The lowest BCUT2D eigenvalue weighted by Crippen LogP contribution is -2.32. The van der Waals surface area contributed by atoms with E-state index in [1.165, 1.54) is 0 Å². The van der Waals surface area contributed by atoms with E-state index in [-0.39, 0.29) is 11.9 Å². The minimum Gasteiger partial charge on any atom is -0.349 e. The smallest absolute Gasteiger partial charge is 0.251 e. The molecule has 1 aromatic rings. The normalized spacial score (nSPS) is 25.1. The molecule has 0 spiro atoms. The van der Waals surface area contributed by atoms with Crippen LogP contribution in [0.4, 0.5) is 4.39 Å².